The van der Waals surface area contributed by atoms with Crippen molar-refractivity contribution in [1.29, 1.82) is 0 Å². The van der Waals surface area contributed by atoms with Gasteiger partial charge in [-0.2, -0.15) is 0 Å². The molecule has 0 fully saturated rings. The molecule has 0 aliphatic rings. The molecule has 0 heterocycles. The number of aliphatic carboxylic acids is 1. The topological polar surface area (TPSA) is 78.4 Å². The number of carboxylic acid groups (broad SMARTS) is 1. The fraction of sp³-hybridized carbons (Fsp3) is 0.385. The van der Waals surface area contributed by atoms with E-state index in [0.29, 0.717) is 12.8 Å². The van der Waals surface area contributed by atoms with Crippen LogP contribution in [0.1, 0.15) is 26.2 Å². The zero-order chi connectivity index (χ0) is 16.0. The first-order valence-corrected chi connectivity index (χ1v) is 6.99. The van der Waals surface area contributed by atoms with E-state index >= 15 is 0 Å². The Labute approximate surface area is 131 Å². The number of benzene rings is 1. The molecule has 1 aromatic rings. The molecule has 1 atom stereocenters. The normalized spacial score (nSPS) is 11.8. The Morgan fingerprint density at radius 3 is 2.43 bits per heavy atom. The van der Waals surface area contributed by atoms with Crippen LogP contribution in [-0.2, 0) is 4.79 Å². The van der Waals surface area contributed by atoms with Gasteiger partial charge in [0.05, 0.1) is 15.7 Å². The molecule has 2 amide bonds. The van der Waals surface area contributed by atoms with Crippen LogP contribution < -0.4 is 10.6 Å². The molecule has 8 heteroatoms. The molecule has 0 saturated heterocycles. The highest BCUT2D eigenvalue weighted by molar-refractivity contribution is 6.39. The van der Waals surface area contributed by atoms with Crippen molar-refractivity contribution in [3.63, 3.8) is 0 Å². The number of carbonyl (C=O) groups is 2. The summed E-state index contributed by atoms with van der Waals surface area (Å²) in [5, 5.41) is 13.6. The predicted octanol–water partition coefficient (Wildman–Crippen LogP) is 3.90. The molecule has 116 valence electrons. The molecule has 0 saturated carbocycles. The highest BCUT2D eigenvalue weighted by Gasteiger charge is 2.13. The van der Waals surface area contributed by atoms with E-state index in [1.165, 1.54) is 0 Å². The summed E-state index contributed by atoms with van der Waals surface area (Å²) in [6.07, 6.45) is 1.02. The number of halogens is 3. The molecule has 0 aromatic heterocycles. The minimum atomic E-state index is -0.878. The SMILES string of the molecule is CC(CCCC(=O)O)NC(=O)Nc1c(Cl)cc(F)cc1Cl. The lowest BCUT2D eigenvalue weighted by Gasteiger charge is -2.15. The Bertz CT molecular complexity index is 517. The monoisotopic (exact) mass is 336 g/mol. The molecule has 1 unspecified atom stereocenters. The average molecular weight is 337 g/mol. The fourth-order valence-corrected chi connectivity index (χ4v) is 2.22. The zero-order valence-electron chi connectivity index (χ0n) is 11.3. The standard InChI is InChI=1S/C13H15Cl2FN2O3/c1-7(3-2-4-11(19)20)17-13(21)18-12-9(14)5-8(16)6-10(12)15/h5-7H,2-4H2,1H3,(H,19,20)(H2,17,18,21). The van der Waals surface area contributed by atoms with Gasteiger partial charge < -0.3 is 15.7 Å². The summed E-state index contributed by atoms with van der Waals surface area (Å²) in [5.74, 6) is -1.48. The fourth-order valence-electron chi connectivity index (χ4n) is 1.67. The zero-order valence-corrected chi connectivity index (χ0v) is 12.8. The first-order valence-electron chi connectivity index (χ1n) is 6.23. The van der Waals surface area contributed by atoms with Crippen LogP contribution in [0, 0.1) is 5.82 Å². The van der Waals surface area contributed by atoms with Crippen LogP contribution in [0.5, 0.6) is 0 Å². The second-order valence-electron chi connectivity index (χ2n) is 4.53. The lowest BCUT2D eigenvalue weighted by atomic mass is 10.1. The van der Waals surface area contributed by atoms with E-state index in [2.05, 4.69) is 10.6 Å². The molecule has 0 aliphatic heterocycles. The van der Waals surface area contributed by atoms with Crippen LogP contribution in [0.2, 0.25) is 10.0 Å². The highest BCUT2D eigenvalue weighted by atomic mass is 35.5. The van der Waals surface area contributed by atoms with Crippen LogP contribution in [0.15, 0.2) is 12.1 Å². The molecular weight excluding hydrogens is 322 g/mol. The lowest BCUT2D eigenvalue weighted by molar-refractivity contribution is -0.137. The van der Waals surface area contributed by atoms with Gasteiger partial charge in [-0.3, -0.25) is 4.79 Å². The van der Waals surface area contributed by atoms with Crippen molar-refractivity contribution in [2.45, 2.75) is 32.2 Å². The quantitative estimate of drug-likeness (QED) is 0.737. The highest BCUT2D eigenvalue weighted by Crippen LogP contribution is 2.31. The van der Waals surface area contributed by atoms with Gasteiger partial charge in [-0.25, -0.2) is 9.18 Å². The van der Waals surface area contributed by atoms with Crippen molar-refractivity contribution >= 4 is 40.9 Å². The average Bonchev–Trinajstić information content (AvgIpc) is 2.33. The van der Waals surface area contributed by atoms with Crippen LogP contribution in [-0.4, -0.2) is 23.1 Å². The summed E-state index contributed by atoms with van der Waals surface area (Å²) in [6, 6.07) is 1.31. The summed E-state index contributed by atoms with van der Waals surface area (Å²) in [7, 11) is 0. The molecule has 5 nitrogen and oxygen atoms in total. The molecular formula is C13H15Cl2FN2O3. The van der Waals surface area contributed by atoms with Gasteiger partial charge in [-0.1, -0.05) is 23.2 Å². The van der Waals surface area contributed by atoms with Crippen molar-refractivity contribution in [2.75, 3.05) is 5.32 Å². The molecule has 0 aliphatic carbocycles. The van der Waals surface area contributed by atoms with Gasteiger partial charge in [0.15, 0.2) is 0 Å². The summed E-state index contributed by atoms with van der Waals surface area (Å²) in [5.41, 5.74) is 0.120. The first-order chi connectivity index (χ1) is 9.79. The largest absolute Gasteiger partial charge is 0.481 e. The molecule has 1 aromatic carbocycles. The van der Waals surface area contributed by atoms with Gasteiger partial charge in [0, 0.05) is 12.5 Å². The molecule has 1 rings (SSSR count). The van der Waals surface area contributed by atoms with Crippen molar-refractivity contribution in [1.82, 2.24) is 5.32 Å². The molecule has 21 heavy (non-hydrogen) atoms. The third-order valence-electron chi connectivity index (χ3n) is 2.65. The first kappa shape index (κ1) is 17.5. The maximum Gasteiger partial charge on any atom is 0.319 e. The second-order valence-corrected chi connectivity index (χ2v) is 5.34. The number of amides is 2. The van der Waals surface area contributed by atoms with Crippen LogP contribution in [0.25, 0.3) is 0 Å². The van der Waals surface area contributed by atoms with Crippen molar-refractivity contribution in [3.8, 4) is 0 Å². The van der Waals surface area contributed by atoms with E-state index in [-0.39, 0.29) is 28.2 Å². The minimum absolute atomic E-state index is 0.00585. The van der Waals surface area contributed by atoms with Crippen molar-refractivity contribution < 1.29 is 19.1 Å². The smallest absolute Gasteiger partial charge is 0.319 e. The Kier molecular flexibility index (Phi) is 6.71. The number of anilines is 1. The third kappa shape index (κ3) is 6.18. The molecule has 0 bridgehead atoms. The number of carbonyl (C=O) groups excluding carboxylic acids is 1. The van der Waals surface area contributed by atoms with Crippen molar-refractivity contribution in [3.05, 3.63) is 28.0 Å². The number of carboxylic acids is 1. The van der Waals surface area contributed by atoms with Gasteiger partial charge in [-0.05, 0) is 31.9 Å². The third-order valence-corrected chi connectivity index (χ3v) is 3.25. The number of rotatable bonds is 6. The Morgan fingerprint density at radius 1 is 1.33 bits per heavy atom. The van der Waals surface area contributed by atoms with E-state index in [4.69, 9.17) is 28.3 Å². The lowest BCUT2D eigenvalue weighted by Crippen LogP contribution is -2.36. The van der Waals surface area contributed by atoms with E-state index < -0.39 is 17.8 Å². The van der Waals surface area contributed by atoms with E-state index in [1.54, 1.807) is 6.92 Å². The van der Waals surface area contributed by atoms with E-state index in [1.807, 2.05) is 0 Å². The molecule has 0 radical (unpaired) electrons. The minimum Gasteiger partial charge on any atom is -0.481 e. The van der Waals surface area contributed by atoms with Gasteiger partial charge in [-0.15, -0.1) is 0 Å². The van der Waals surface area contributed by atoms with Gasteiger partial charge in [0.1, 0.15) is 5.82 Å². The number of hydrogen-bond donors (Lipinski definition) is 3. The number of hydrogen-bond acceptors (Lipinski definition) is 2. The summed E-state index contributed by atoms with van der Waals surface area (Å²) < 4.78 is 13.0. The maximum atomic E-state index is 13.0. The van der Waals surface area contributed by atoms with Gasteiger partial charge in [0.2, 0.25) is 0 Å². The van der Waals surface area contributed by atoms with Crippen LogP contribution in [0.4, 0.5) is 14.9 Å². The van der Waals surface area contributed by atoms with E-state index in [9.17, 15) is 14.0 Å². The Morgan fingerprint density at radius 2 is 1.90 bits per heavy atom. The number of urea groups is 1. The van der Waals surface area contributed by atoms with Gasteiger partial charge in [0.25, 0.3) is 0 Å². The summed E-state index contributed by atoms with van der Waals surface area (Å²) in [6.45, 7) is 1.75. The molecule has 0 spiro atoms. The predicted molar refractivity (Wildman–Crippen MR) is 79.5 cm³/mol. The number of nitrogens with one attached hydrogen (secondary N) is 2. The summed E-state index contributed by atoms with van der Waals surface area (Å²) >= 11 is 11.6. The maximum absolute atomic E-state index is 13.0. The summed E-state index contributed by atoms with van der Waals surface area (Å²) in [4.78, 5) is 22.1. The van der Waals surface area contributed by atoms with E-state index in [0.717, 1.165) is 12.1 Å². The Balaban J connectivity index is 2.52. The Hall–Kier alpha value is -1.53. The second kappa shape index (κ2) is 8.05. The van der Waals surface area contributed by atoms with Crippen LogP contribution in [0.3, 0.4) is 0 Å². The molecule has 3 N–H and O–H groups in total. The van der Waals surface area contributed by atoms with Crippen molar-refractivity contribution in [2.24, 2.45) is 0 Å². The van der Waals surface area contributed by atoms with Gasteiger partial charge >= 0.3 is 12.0 Å². The van der Waals surface area contributed by atoms with Crippen LogP contribution >= 0.6 is 23.2 Å².